The predicted molar refractivity (Wildman–Crippen MR) is 94.3 cm³/mol. The molecular weight excluding hydrogens is 356 g/mol. The molecule has 1 heterocycles. The summed E-state index contributed by atoms with van der Waals surface area (Å²) < 4.78 is 26.7. The molecule has 26 heavy (non-hydrogen) atoms. The molecule has 0 aromatic heterocycles. The summed E-state index contributed by atoms with van der Waals surface area (Å²) in [4.78, 5) is 25.3. The van der Waals surface area contributed by atoms with Crippen LogP contribution in [0.1, 0.15) is 18.4 Å². The van der Waals surface area contributed by atoms with Crippen LogP contribution < -0.4 is 5.32 Å². The first kappa shape index (κ1) is 19.9. The Bertz CT molecular complexity index is 806. The third kappa shape index (κ3) is 4.39. The maximum Gasteiger partial charge on any atom is 0.243 e. The highest BCUT2D eigenvalue weighted by Gasteiger charge is 2.33. The van der Waals surface area contributed by atoms with Crippen LogP contribution in [0.4, 0.5) is 0 Å². The minimum atomic E-state index is -3.64. The van der Waals surface area contributed by atoms with Crippen molar-refractivity contribution < 1.29 is 18.0 Å². The highest BCUT2D eigenvalue weighted by molar-refractivity contribution is 7.89. The molecule has 9 heteroatoms. The summed E-state index contributed by atoms with van der Waals surface area (Å²) in [5.74, 6) is -0.692. The number of amides is 2. The summed E-state index contributed by atoms with van der Waals surface area (Å²) >= 11 is 0. The molecule has 1 aliphatic heterocycles. The number of rotatable bonds is 5. The van der Waals surface area contributed by atoms with Crippen LogP contribution in [-0.4, -0.2) is 63.2 Å². The molecule has 0 aliphatic carbocycles. The van der Waals surface area contributed by atoms with E-state index < -0.39 is 10.0 Å². The summed E-state index contributed by atoms with van der Waals surface area (Å²) in [5.41, 5.74) is 0.396. The third-order valence-corrected chi connectivity index (χ3v) is 6.37. The molecule has 140 valence electrons. The fourth-order valence-corrected chi connectivity index (χ4v) is 4.35. The van der Waals surface area contributed by atoms with E-state index in [0.29, 0.717) is 18.4 Å². The monoisotopic (exact) mass is 378 g/mol. The number of likely N-dealkylation sites (N-methyl/N-ethyl adjacent to an activating group) is 2. The second-order valence-corrected chi connectivity index (χ2v) is 8.12. The zero-order valence-electron chi connectivity index (χ0n) is 14.8. The maximum absolute atomic E-state index is 12.7. The molecule has 1 N–H and O–H groups in total. The molecular formula is C17H22N4O4S. The van der Waals surface area contributed by atoms with Crippen molar-refractivity contribution in [1.29, 1.82) is 5.26 Å². The van der Waals surface area contributed by atoms with Gasteiger partial charge in [0.15, 0.2) is 0 Å². The van der Waals surface area contributed by atoms with E-state index in [-0.39, 0.29) is 42.3 Å². The lowest BCUT2D eigenvalue weighted by atomic mass is 9.97. The van der Waals surface area contributed by atoms with Gasteiger partial charge in [-0.1, -0.05) is 0 Å². The van der Waals surface area contributed by atoms with E-state index in [2.05, 4.69) is 5.32 Å². The molecule has 0 radical (unpaired) electrons. The van der Waals surface area contributed by atoms with Crippen molar-refractivity contribution >= 4 is 21.8 Å². The molecule has 8 nitrogen and oxygen atoms in total. The van der Waals surface area contributed by atoms with Gasteiger partial charge in [-0.3, -0.25) is 9.59 Å². The third-order valence-electron chi connectivity index (χ3n) is 4.46. The SMILES string of the molecule is CNC(=O)CN(C)C(=O)C1CCN(S(=O)(=O)c2ccc(C#N)cc2)CC1. The van der Waals surface area contributed by atoms with E-state index >= 15 is 0 Å². The van der Waals surface area contributed by atoms with Gasteiger partial charge in [-0.15, -0.1) is 0 Å². The zero-order chi connectivity index (χ0) is 19.3. The Morgan fingerprint density at radius 3 is 2.35 bits per heavy atom. The summed E-state index contributed by atoms with van der Waals surface area (Å²) in [5, 5.41) is 11.3. The van der Waals surface area contributed by atoms with Gasteiger partial charge in [-0.2, -0.15) is 9.57 Å². The molecule has 1 aliphatic rings. The smallest absolute Gasteiger partial charge is 0.243 e. The van der Waals surface area contributed by atoms with Crippen molar-refractivity contribution in [3.63, 3.8) is 0 Å². The number of nitrogens with one attached hydrogen (secondary N) is 1. The molecule has 1 fully saturated rings. The Balaban J connectivity index is 1.99. The van der Waals surface area contributed by atoms with Crippen molar-refractivity contribution in [2.75, 3.05) is 33.7 Å². The average molecular weight is 378 g/mol. The topological polar surface area (TPSA) is 111 Å². The van der Waals surface area contributed by atoms with Crippen molar-refractivity contribution in [3.05, 3.63) is 29.8 Å². The number of nitriles is 1. The van der Waals surface area contributed by atoms with Crippen LogP contribution in [0.5, 0.6) is 0 Å². The number of sulfonamides is 1. The summed E-state index contributed by atoms with van der Waals surface area (Å²) in [6, 6.07) is 7.73. The van der Waals surface area contributed by atoms with Gasteiger partial charge in [-0.05, 0) is 37.1 Å². The fraction of sp³-hybridized carbons (Fsp3) is 0.471. The fourth-order valence-electron chi connectivity index (χ4n) is 2.88. The lowest BCUT2D eigenvalue weighted by Crippen LogP contribution is -2.45. The number of carbonyl (C=O) groups is 2. The van der Waals surface area contributed by atoms with Crippen LogP contribution >= 0.6 is 0 Å². The second kappa shape index (κ2) is 8.29. The zero-order valence-corrected chi connectivity index (χ0v) is 15.6. The first-order valence-electron chi connectivity index (χ1n) is 8.25. The summed E-state index contributed by atoms with van der Waals surface area (Å²) in [6.45, 7) is 0.470. The van der Waals surface area contributed by atoms with Gasteiger partial charge >= 0.3 is 0 Å². The van der Waals surface area contributed by atoms with E-state index in [0.717, 1.165) is 0 Å². The minimum absolute atomic E-state index is 0.0148. The molecule has 1 aromatic carbocycles. The molecule has 0 bridgehead atoms. The molecule has 1 saturated heterocycles. The van der Waals surface area contributed by atoms with Crippen molar-refractivity contribution in [2.45, 2.75) is 17.7 Å². The van der Waals surface area contributed by atoms with Crippen LogP contribution in [0.3, 0.4) is 0 Å². The van der Waals surface area contributed by atoms with Crippen molar-refractivity contribution in [3.8, 4) is 6.07 Å². The molecule has 2 rings (SSSR count). The van der Waals surface area contributed by atoms with Crippen molar-refractivity contribution in [2.24, 2.45) is 5.92 Å². The van der Waals surface area contributed by atoms with Gasteiger partial charge in [0.05, 0.1) is 23.1 Å². The van der Waals surface area contributed by atoms with Crippen LogP contribution in [0, 0.1) is 17.2 Å². The maximum atomic E-state index is 12.7. The van der Waals surface area contributed by atoms with Gasteiger partial charge < -0.3 is 10.2 Å². The van der Waals surface area contributed by atoms with Gasteiger partial charge in [0.25, 0.3) is 0 Å². The van der Waals surface area contributed by atoms with Crippen LogP contribution in [0.15, 0.2) is 29.2 Å². The highest BCUT2D eigenvalue weighted by Crippen LogP contribution is 2.25. The Labute approximate surface area is 153 Å². The second-order valence-electron chi connectivity index (χ2n) is 6.18. The Hall–Kier alpha value is -2.44. The normalized spacial score (nSPS) is 15.9. The number of carbonyl (C=O) groups excluding carboxylic acids is 2. The summed E-state index contributed by atoms with van der Waals surface area (Å²) in [7, 11) is -0.570. The van der Waals surface area contributed by atoms with E-state index in [1.807, 2.05) is 6.07 Å². The molecule has 2 amide bonds. The molecule has 0 unspecified atom stereocenters. The van der Waals surface area contributed by atoms with Gasteiger partial charge in [0.2, 0.25) is 21.8 Å². The largest absolute Gasteiger partial charge is 0.358 e. The Kier molecular flexibility index (Phi) is 6.34. The summed E-state index contributed by atoms with van der Waals surface area (Å²) in [6.07, 6.45) is 0.818. The number of piperidine rings is 1. The van der Waals surface area contributed by atoms with E-state index in [4.69, 9.17) is 5.26 Å². The first-order chi connectivity index (χ1) is 12.3. The number of nitrogens with zero attached hydrogens (tertiary/aromatic N) is 3. The highest BCUT2D eigenvalue weighted by atomic mass is 32.2. The standard InChI is InChI=1S/C17H22N4O4S/c1-19-16(22)12-20(2)17(23)14-7-9-21(10-8-14)26(24,25)15-5-3-13(11-18)4-6-15/h3-6,14H,7-10,12H2,1-2H3,(H,19,22). The van der Waals surface area contributed by atoms with E-state index in [1.54, 1.807) is 7.05 Å². The molecule has 1 aromatic rings. The number of hydrogen-bond acceptors (Lipinski definition) is 5. The minimum Gasteiger partial charge on any atom is -0.358 e. The molecule has 0 saturated carbocycles. The van der Waals surface area contributed by atoms with E-state index in [1.165, 1.54) is 40.5 Å². The quantitative estimate of drug-likeness (QED) is 0.785. The van der Waals surface area contributed by atoms with Crippen LogP contribution in [-0.2, 0) is 19.6 Å². The van der Waals surface area contributed by atoms with Gasteiger partial charge in [0.1, 0.15) is 0 Å². The Morgan fingerprint density at radius 1 is 1.27 bits per heavy atom. The van der Waals surface area contributed by atoms with Gasteiger partial charge in [0, 0.05) is 33.1 Å². The van der Waals surface area contributed by atoms with Crippen LogP contribution in [0.2, 0.25) is 0 Å². The average Bonchev–Trinajstić information content (AvgIpc) is 2.67. The van der Waals surface area contributed by atoms with E-state index in [9.17, 15) is 18.0 Å². The van der Waals surface area contributed by atoms with Crippen LogP contribution in [0.25, 0.3) is 0 Å². The van der Waals surface area contributed by atoms with Crippen molar-refractivity contribution in [1.82, 2.24) is 14.5 Å². The number of hydrogen-bond donors (Lipinski definition) is 1. The first-order valence-corrected chi connectivity index (χ1v) is 9.69. The van der Waals surface area contributed by atoms with Gasteiger partial charge in [-0.25, -0.2) is 8.42 Å². The predicted octanol–water partition coefficient (Wildman–Crippen LogP) is 0.163. The number of benzene rings is 1. The Morgan fingerprint density at radius 2 is 1.85 bits per heavy atom. The molecule has 0 spiro atoms. The molecule has 0 atom stereocenters. The lowest BCUT2D eigenvalue weighted by Gasteiger charge is -2.32. The lowest BCUT2D eigenvalue weighted by molar-refractivity contribution is -0.138.